The zero-order valence-corrected chi connectivity index (χ0v) is 27.1. The van der Waals surface area contributed by atoms with Gasteiger partial charge in [-0.15, -0.1) is 0 Å². The molecule has 5 heterocycles. The van der Waals surface area contributed by atoms with Crippen molar-refractivity contribution in [2.24, 2.45) is 5.41 Å². The lowest BCUT2D eigenvalue weighted by Gasteiger charge is -2.58. The highest BCUT2D eigenvalue weighted by atomic mass is 35.5. The van der Waals surface area contributed by atoms with E-state index in [4.69, 9.17) is 21.4 Å². The van der Waals surface area contributed by atoms with Gasteiger partial charge in [0, 0.05) is 65.9 Å². The summed E-state index contributed by atoms with van der Waals surface area (Å²) < 4.78 is 7.35. The van der Waals surface area contributed by atoms with Crippen molar-refractivity contribution in [3.63, 3.8) is 0 Å². The molecule has 7 rings (SSSR count). The third-order valence-electron chi connectivity index (χ3n) is 10.1. The zero-order valence-electron chi connectivity index (χ0n) is 26.4. The summed E-state index contributed by atoms with van der Waals surface area (Å²) >= 11 is 7.05. The van der Waals surface area contributed by atoms with E-state index in [9.17, 15) is 4.79 Å². The van der Waals surface area contributed by atoms with Crippen LogP contribution in [0.1, 0.15) is 63.3 Å². The van der Waals surface area contributed by atoms with E-state index in [0.717, 1.165) is 116 Å². The van der Waals surface area contributed by atoms with E-state index < -0.39 is 0 Å². The Hall–Kier alpha value is -2.88. The summed E-state index contributed by atoms with van der Waals surface area (Å²) in [7, 11) is 2.11. The number of piperidine rings is 1. The molecule has 1 N–H and O–H groups in total. The average molecular weight is 608 g/mol. The number of halogens is 1. The van der Waals surface area contributed by atoms with Crippen molar-refractivity contribution in [2.75, 3.05) is 57.9 Å². The van der Waals surface area contributed by atoms with E-state index >= 15 is 0 Å². The van der Waals surface area contributed by atoms with E-state index in [-0.39, 0.29) is 16.9 Å². The van der Waals surface area contributed by atoms with Crippen LogP contribution in [-0.4, -0.2) is 94.2 Å². The number of benzene rings is 1. The highest BCUT2D eigenvalue weighted by Crippen LogP contribution is 2.56. The average Bonchev–Trinajstić information content (AvgIpc) is 3.52. The maximum absolute atomic E-state index is 12.0. The number of ether oxygens (including phenoxy) is 1. The van der Waals surface area contributed by atoms with Crippen molar-refractivity contribution in [3.05, 3.63) is 41.2 Å². The van der Waals surface area contributed by atoms with Crippen LogP contribution in [-0.2, 0) is 9.53 Å². The fourth-order valence-corrected chi connectivity index (χ4v) is 7.77. The molecule has 4 aliphatic rings. The lowest BCUT2D eigenvalue weighted by atomic mass is 9.60. The monoisotopic (exact) mass is 607 g/mol. The summed E-state index contributed by atoms with van der Waals surface area (Å²) in [5.74, 6) is 1.07. The molecule has 3 aromatic rings. The van der Waals surface area contributed by atoms with Gasteiger partial charge in [-0.2, -0.15) is 10.2 Å². The highest BCUT2D eigenvalue weighted by molar-refractivity contribution is 6.36. The van der Waals surface area contributed by atoms with Crippen molar-refractivity contribution < 1.29 is 9.53 Å². The van der Waals surface area contributed by atoms with Crippen LogP contribution in [0.25, 0.3) is 22.0 Å². The van der Waals surface area contributed by atoms with Gasteiger partial charge in [0.2, 0.25) is 5.91 Å². The van der Waals surface area contributed by atoms with Crippen molar-refractivity contribution in [2.45, 2.75) is 71.4 Å². The molecule has 1 aliphatic carbocycles. The van der Waals surface area contributed by atoms with Gasteiger partial charge in [0.1, 0.15) is 0 Å². The fraction of sp³-hybridized carbons (Fsp3) is 0.606. The third-order valence-corrected chi connectivity index (χ3v) is 10.6. The van der Waals surface area contributed by atoms with Crippen LogP contribution in [0, 0.1) is 19.3 Å². The molecule has 4 fully saturated rings. The van der Waals surface area contributed by atoms with E-state index in [2.05, 4.69) is 72.1 Å². The molecule has 2 aromatic heterocycles. The molecule has 1 amide bonds. The number of anilines is 1. The molecule has 0 unspecified atom stereocenters. The summed E-state index contributed by atoms with van der Waals surface area (Å²) in [6.45, 7) is 19.2. The number of likely N-dealkylation sites (tertiary alicyclic amines) is 1. The van der Waals surface area contributed by atoms with Gasteiger partial charge in [-0.25, -0.2) is 0 Å². The summed E-state index contributed by atoms with van der Waals surface area (Å²) in [5, 5.41) is 14.6. The Morgan fingerprint density at radius 2 is 1.86 bits per heavy atom. The molecule has 1 aromatic carbocycles. The van der Waals surface area contributed by atoms with Gasteiger partial charge in [-0.05, 0) is 84.6 Å². The maximum Gasteiger partial charge on any atom is 0.245 e. The minimum Gasteiger partial charge on any atom is -0.379 e. The highest BCUT2D eigenvalue weighted by Gasteiger charge is 2.54. The van der Waals surface area contributed by atoms with Crippen molar-refractivity contribution in [1.29, 1.82) is 0 Å². The van der Waals surface area contributed by atoms with Gasteiger partial charge >= 0.3 is 0 Å². The topological polar surface area (TPSA) is 82.5 Å². The van der Waals surface area contributed by atoms with Crippen LogP contribution in [0.4, 0.5) is 5.82 Å². The van der Waals surface area contributed by atoms with Gasteiger partial charge in [0.05, 0.1) is 36.0 Å². The molecule has 10 heteroatoms. The van der Waals surface area contributed by atoms with Crippen molar-refractivity contribution in [1.82, 2.24) is 29.8 Å². The van der Waals surface area contributed by atoms with Gasteiger partial charge < -0.3 is 19.4 Å². The van der Waals surface area contributed by atoms with E-state index in [0.29, 0.717) is 6.04 Å². The number of carbonyl (C=O) groups excluding carboxylic acids is 1. The second-order valence-corrected chi connectivity index (χ2v) is 14.1. The number of rotatable bonds is 4. The van der Waals surface area contributed by atoms with Crippen LogP contribution in [0.2, 0.25) is 5.02 Å². The Kier molecular flexibility index (Phi) is 8.11. The molecule has 43 heavy (non-hydrogen) atoms. The molecular formula is C33H46ClN7O2. The molecule has 0 bridgehead atoms. The molecule has 3 saturated heterocycles. The Balaban J connectivity index is 0.000000415. The zero-order chi connectivity index (χ0) is 30.5. The fourth-order valence-electron chi connectivity index (χ4n) is 7.52. The molecule has 9 nitrogen and oxygen atoms in total. The molecule has 0 radical (unpaired) electrons. The van der Waals surface area contributed by atoms with Crippen LogP contribution < -0.4 is 4.90 Å². The van der Waals surface area contributed by atoms with Crippen LogP contribution in [0.15, 0.2) is 24.9 Å². The quantitative estimate of drug-likeness (QED) is 0.380. The number of carbonyl (C=O) groups is 1. The molecular weight excluding hydrogens is 562 g/mol. The first kappa shape index (κ1) is 30.2. The van der Waals surface area contributed by atoms with Gasteiger partial charge in [0.25, 0.3) is 0 Å². The van der Waals surface area contributed by atoms with Crippen LogP contribution >= 0.6 is 11.6 Å². The Labute approximate surface area is 260 Å². The van der Waals surface area contributed by atoms with Crippen molar-refractivity contribution >= 4 is 34.2 Å². The van der Waals surface area contributed by atoms with Gasteiger partial charge in [-0.1, -0.05) is 18.2 Å². The van der Waals surface area contributed by atoms with E-state index in [1.165, 1.54) is 12.5 Å². The number of fused-ring (bicyclic) bond motifs is 1. The number of likely N-dealkylation sites (N-methyl/N-ethyl adjacent to an activating group) is 1. The molecule has 0 atom stereocenters. The Bertz CT molecular complexity index is 1500. The van der Waals surface area contributed by atoms with Crippen LogP contribution in [0.3, 0.4) is 0 Å². The number of H-pyrrole nitrogens is 1. The predicted octanol–water partition coefficient (Wildman–Crippen LogP) is 5.76. The SMILES string of the molecule is C=CC(=O)N1CC2(CC(n3nc(N4CCCCC4(C)C)c(-c4c(Cl)c(C)cc5[nH]ncc45)c3C)C2)C1.CN1CCOCC1. The number of hydrogen-bond acceptors (Lipinski definition) is 6. The van der Waals surface area contributed by atoms with Crippen molar-refractivity contribution in [3.8, 4) is 11.1 Å². The maximum atomic E-state index is 12.0. The van der Waals surface area contributed by atoms with E-state index in [1.54, 1.807) is 0 Å². The lowest BCUT2D eigenvalue weighted by Crippen LogP contribution is -2.63. The first-order valence-corrected chi connectivity index (χ1v) is 16.1. The number of nitrogens with zero attached hydrogens (tertiary/aromatic N) is 6. The number of morpholine rings is 1. The van der Waals surface area contributed by atoms with Crippen LogP contribution in [0.5, 0.6) is 0 Å². The largest absolute Gasteiger partial charge is 0.379 e. The number of nitrogens with one attached hydrogen (secondary N) is 1. The third kappa shape index (κ3) is 5.49. The molecule has 1 saturated carbocycles. The lowest BCUT2D eigenvalue weighted by molar-refractivity contribution is -0.149. The number of aromatic amines is 1. The van der Waals surface area contributed by atoms with E-state index in [1.807, 2.05) is 11.1 Å². The normalized spacial score (nSPS) is 21.7. The van der Waals surface area contributed by atoms with Gasteiger partial charge in [0.15, 0.2) is 5.82 Å². The summed E-state index contributed by atoms with van der Waals surface area (Å²) in [6.07, 6.45) is 8.93. The first-order chi connectivity index (χ1) is 20.5. The summed E-state index contributed by atoms with van der Waals surface area (Å²) in [5.41, 5.74) is 5.58. The number of aryl methyl sites for hydroxylation is 1. The summed E-state index contributed by atoms with van der Waals surface area (Å²) in [6, 6.07) is 2.40. The molecule has 3 aliphatic heterocycles. The number of amides is 1. The number of hydrogen-bond donors (Lipinski definition) is 1. The first-order valence-electron chi connectivity index (χ1n) is 15.7. The minimum atomic E-state index is 0.0186. The smallest absolute Gasteiger partial charge is 0.245 e. The molecule has 1 spiro atoms. The van der Waals surface area contributed by atoms with Gasteiger partial charge in [-0.3, -0.25) is 14.6 Å². The second kappa shape index (κ2) is 11.6. The standard InChI is InChI=1S/C28H35ClN6O.C5H11NO/c1-6-22(36)33-15-28(16-33)12-19(13-28)35-18(3)23(26(32-35)34-10-8-7-9-27(34,4)5)24-20-14-30-31-21(20)11-17(2)25(24)29;1-6-2-4-7-5-3-6/h6,11,14,19H,1,7-10,12-13,15-16H2,2-5H3,(H,30,31);2-5H2,1H3. The predicted molar refractivity (Wildman–Crippen MR) is 173 cm³/mol. The second-order valence-electron chi connectivity index (χ2n) is 13.7. The molecule has 232 valence electrons. The number of aromatic nitrogens is 4. The Morgan fingerprint density at radius 1 is 1.14 bits per heavy atom. The Morgan fingerprint density at radius 3 is 2.49 bits per heavy atom. The minimum absolute atomic E-state index is 0.0186. The summed E-state index contributed by atoms with van der Waals surface area (Å²) in [4.78, 5) is 18.6.